The Bertz CT molecular complexity index is 1520. The Kier molecular flexibility index (Phi) is 11.4. The Labute approximate surface area is 250 Å². The van der Waals surface area contributed by atoms with Crippen LogP contribution in [0.15, 0.2) is 54.7 Å². The van der Waals surface area contributed by atoms with Crippen LogP contribution in [0.25, 0.3) is 10.9 Å². The zero-order valence-electron chi connectivity index (χ0n) is 23.4. The quantitative estimate of drug-likeness (QED) is 0.103. The highest BCUT2D eigenvalue weighted by Crippen LogP contribution is 2.19. The molecule has 234 valence electrons. The molecule has 0 aliphatic rings. The van der Waals surface area contributed by atoms with Crippen molar-refractivity contribution in [1.29, 1.82) is 0 Å². The third-order valence-corrected chi connectivity index (χ3v) is 6.73. The van der Waals surface area contributed by atoms with Crippen molar-refractivity contribution in [2.24, 2.45) is 5.73 Å². The molecule has 1 heterocycles. The zero-order valence-corrected chi connectivity index (χ0v) is 23.4. The molecule has 15 nitrogen and oxygen atoms in total. The summed E-state index contributed by atoms with van der Waals surface area (Å²) in [5.41, 5.74) is 8.31. The number of carboxylic acid groups (broad SMARTS) is 3. The van der Waals surface area contributed by atoms with Crippen LogP contribution in [0.1, 0.15) is 30.4 Å². The normalized spacial score (nSPS) is 13.7. The molecule has 0 fully saturated rings. The number of benzene rings is 2. The monoisotopic (exact) mass is 611 g/mol. The lowest BCUT2D eigenvalue weighted by Gasteiger charge is -2.25. The number of phenols is 1. The average Bonchev–Trinajstić information content (AvgIpc) is 3.37. The van der Waals surface area contributed by atoms with Crippen LogP contribution < -0.4 is 21.7 Å². The smallest absolute Gasteiger partial charge is 0.326 e. The Hall–Kier alpha value is -5.44. The van der Waals surface area contributed by atoms with E-state index in [1.165, 1.54) is 24.3 Å². The number of amides is 3. The highest BCUT2D eigenvalue weighted by atomic mass is 16.4. The third kappa shape index (κ3) is 9.55. The predicted molar refractivity (Wildman–Crippen MR) is 154 cm³/mol. The van der Waals surface area contributed by atoms with Crippen molar-refractivity contribution in [1.82, 2.24) is 20.9 Å². The van der Waals surface area contributed by atoms with Gasteiger partial charge in [-0.25, -0.2) is 4.79 Å². The van der Waals surface area contributed by atoms with Gasteiger partial charge < -0.3 is 47.1 Å². The summed E-state index contributed by atoms with van der Waals surface area (Å²) >= 11 is 0. The maximum atomic E-state index is 13.5. The van der Waals surface area contributed by atoms with E-state index < -0.39 is 79.1 Å². The fourth-order valence-corrected chi connectivity index (χ4v) is 4.44. The van der Waals surface area contributed by atoms with Crippen molar-refractivity contribution in [3.05, 3.63) is 65.9 Å². The van der Waals surface area contributed by atoms with Crippen LogP contribution in [0.4, 0.5) is 0 Å². The number of carboxylic acids is 3. The molecule has 3 aromatic rings. The topological polar surface area (TPSA) is 261 Å². The number of para-hydroxylation sites is 1. The number of aromatic amines is 1. The number of carbonyl (C=O) groups is 6. The van der Waals surface area contributed by atoms with Crippen LogP contribution >= 0.6 is 0 Å². The van der Waals surface area contributed by atoms with E-state index in [1.54, 1.807) is 6.20 Å². The molecule has 2 aromatic carbocycles. The van der Waals surface area contributed by atoms with Crippen molar-refractivity contribution >= 4 is 46.5 Å². The van der Waals surface area contributed by atoms with E-state index in [1.807, 2.05) is 29.6 Å². The van der Waals surface area contributed by atoms with Gasteiger partial charge in [0.15, 0.2) is 0 Å². The summed E-state index contributed by atoms with van der Waals surface area (Å²) in [6, 6.07) is 7.28. The third-order valence-electron chi connectivity index (χ3n) is 6.73. The fourth-order valence-electron chi connectivity index (χ4n) is 4.44. The highest BCUT2D eigenvalue weighted by molar-refractivity contribution is 5.95. The minimum Gasteiger partial charge on any atom is -0.508 e. The van der Waals surface area contributed by atoms with Gasteiger partial charge in [-0.05, 0) is 42.2 Å². The first-order chi connectivity index (χ1) is 20.8. The van der Waals surface area contributed by atoms with Crippen molar-refractivity contribution in [2.75, 3.05) is 0 Å². The number of H-pyrrole nitrogens is 1. The molecule has 0 aliphatic carbocycles. The van der Waals surface area contributed by atoms with E-state index in [9.17, 15) is 39.0 Å². The van der Waals surface area contributed by atoms with E-state index >= 15 is 0 Å². The SMILES string of the molecule is NC(Cc1c[nH]c2ccccc12)C(=O)NC(Cc1ccc(O)cc1)C(=O)NC(CCC(=O)O)C(=O)NC(CC(=O)O)C(=O)O. The van der Waals surface area contributed by atoms with E-state index in [2.05, 4.69) is 15.6 Å². The Balaban J connectivity index is 1.81. The lowest BCUT2D eigenvalue weighted by Crippen LogP contribution is -2.58. The summed E-state index contributed by atoms with van der Waals surface area (Å²) < 4.78 is 0. The minimum atomic E-state index is -1.85. The van der Waals surface area contributed by atoms with Gasteiger partial charge >= 0.3 is 17.9 Å². The first kappa shape index (κ1) is 33.1. The largest absolute Gasteiger partial charge is 0.508 e. The first-order valence-electron chi connectivity index (χ1n) is 13.5. The average molecular weight is 612 g/mol. The number of hydrogen-bond acceptors (Lipinski definition) is 8. The summed E-state index contributed by atoms with van der Waals surface area (Å²) in [4.78, 5) is 76.3. The van der Waals surface area contributed by atoms with Gasteiger partial charge in [-0.15, -0.1) is 0 Å². The summed E-state index contributed by atoms with van der Waals surface area (Å²) in [7, 11) is 0. The van der Waals surface area contributed by atoms with E-state index in [0.29, 0.717) is 5.56 Å². The lowest BCUT2D eigenvalue weighted by atomic mass is 10.0. The molecule has 15 heteroatoms. The van der Waals surface area contributed by atoms with Gasteiger partial charge in [0.05, 0.1) is 12.5 Å². The first-order valence-corrected chi connectivity index (χ1v) is 13.5. The number of aromatic nitrogens is 1. The molecule has 0 spiro atoms. The molecule has 44 heavy (non-hydrogen) atoms. The highest BCUT2D eigenvalue weighted by Gasteiger charge is 2.31. The predicted octanol–water partition coefficient (Wildman–Crippen LogP) is -0.135. The number of rotatable bonds is 16. The Morgan fingerprint density at radius 3 is 2.00 bits per heavy atom. The van der Waals surface area contributed by atoms with Crippen molar-refractivity contribution in [3.63, 3.8) is 0 Å². The number of fused-ring (bicyclic) bond motifs is 1. The van der Waals surface area contributed by atoms with Crippen molar-refractivity contribution in [2.45, 2.75) is 56.3 Å². The molecule has 3 rings (SSSR count). The maximum Gasteiger partial charge on any atom is 0.326 e. The van der Waals surface area contributed by atoms with Crippen LogP contribution in [0.3, 0.4) is 0 Å². The van der Waals surface area contributed by atoms with Crippen LogP contribution in [0, 0.1) is 0 Å². The fraction of sp³-hybridized carbons (Fsp3) is 0.310. The van der Waals surface area contributed by atoms with E-state index in [-0.39, 0.29) is 18.6 Å². The van der Waals surface area contributed by atoms with Crippen LogP contribution in [0.2, 0.25) is 0 Å². The van der Waals surface area contributed by atoms with Crippen molar-refractivity contribution < 1.29 is 49.2 Å². The molecule has 0 bridgehead atoms. The van der Waals surface area contributed by atoms with Gasteiger partial charge in [-0.1, -0.05) is 30.3 Å². The number of carbonyl (C=O) groups excluding carboxylic acids is 3. The molecule has 10 N–H and O–H groups in total. The van der Waals surface area contributed by atoms with Gasteiger partial charge in [0.1, 0.15) is 23.9 Å². The molecular formula is C29H33N5O10. The molecule has 4 atom stereocenters. The lowest BCUT2D eigenvalue weighted by molar-refractivity contribution is -0.147. The standard InChI is InChI=1S/C29H33N5O10/c30-19(12-16-14-31-20-4-2-1-3-18(16)20)26(40)33-22(11-15-5-7-17(35)8-6-15)28(42)32-21(9-10-24(36)37)27(41)34-23(29(43)44)13-25(38)39/h1-8,14,19,21-23,31,35H,9-13,30H2,(H,32,42)(H,33,40)(H,34,41)(H,36,37)(H,38,39)(H,43,44). The number of nitrogens with one attached hydrogen (secondary N) is 4. The number of nitrogens with two attached hydrogens (primary N) is 1. The van der Waals surface area contributed by atoms with Gasteiger partial charge in [-0.2, -0.15) is 0 Å². The van der Waals surface area contributed by atoms with Crippen LogP contribution in [-0.4, -0.2) is 85.2 Å². The van der Waals surface area contributed by atoms with Gasteiger partial charge in [0, 0.05) is 29.9 Å². The molecule has 0 saturated heterocycles. The molecular weight excluding hydrogens is 578 g/mol. The van der Waals surface area contributed by atoms with E-state index in [4.69, 9.17) is 15.9 Å². The molecule has 0 saturated carbocycles. The second kappa shape index (κ2) is 15.2. The molecule has 0 radical (unpaired) electrons. The molecule has 4 unspecified atom stereocenters. The molecule has 0 aliphatic heterocycles. The number of hydrogen-bond donors (Lipinski definition) is 9. The summed E-state index contributed by atoms with van der Waals surface area (Å²) in [5, 5.41) is 44.8. The second-order valence-corrected chi connectivity index (χ2v) is 10.1. The number of phenolic OH excluding ortho intramolecular Hbond substituents is 1. The van der Waals surface area contributed by atoms with Gasteiger partial charge in [0.2, 0.25) is 17.7 Å². The maximum absolute atomic E-state index is 13.5. The van der Waals surface area contributed by atoms with E-state index in [0.717, 1.165) is 16.5 Å². The van der Waals surface area contributed by atoms with Crippen LogP contribution in [0.5, 0.6) is 5.75 Å². The zero-order chi connectivity index (χ0) is 32.4. The van der Waals surface area contributed by atoms with Gasteiger partial charge in [0.25, 0.3) is 0 Å². The minimum absolute atomic E-state index is 0.0423. The summed E-state index contributed by atoms with van der Waals surface area (Å²) in [5.74, 6) is -7.25. The van der Waals surface area contributed by atoms with Crippen LogP contribution in [-0.2, 0) is 41.6 Å². The Morgan fingerprint density at radius 1 is 0.750 bits per heavy atom. The summed E-state index contributed by atoms with van der Waals surface area (Å²) in [6.45, 7) is 0. The van der Waals surface area contributed by atoms with Gasteiger partial charge in [-0.3, -0.25) is 24.0 Å². The Morgan fingerprint density at radius 2 is 1.36 bits per heavy atom. The summed E-state index contributed by atoms with van der Waals surface area (Å²) in [6.07, 6.45) is -0.311. The number of aliphatic carboxylic acids is 3. The van der Waals surface area contributed by atoms with Crippen molar-refractivity contribution in [3.8, 4) is 5.75 Å². The molecule has 1 aromatic heterocycles. The number of aromatic hydroxyl groups is 1. The molecule has 3 amide bonds. The second-order valence-electron chi connectivity index (χ2n) is 10.1.